The summed E-state index contributed by atoms with van der Waals surface area (Å²) in [5.41, 5.74) is -0.161. The van der Waals surface area contributed by atoms with Gasteiger partial charge in [-0.3, -0.25) is 9.59 Å². The van der Waals surface area contributed by atoms with Gasteiger partial charge in [-0.15, -0.1) is 0 Å². The molecular weight excluding hydrogens is 296 g/mol. The Morgan fingerprint density at radius 1 is 1.39 bits per heavy atom. The van der Waals surface area contributed by atoms with E-state index in [0.717, 1.165) is 6.42 Å². The minimum atomic E-state index is -0.161. The van der Waals surface area contributed by atoms with Crippen LogP contribution in [-0.4, -0.2) is 46.0 Å². The molecule has 1 aromatic heterocycles. The van der Waals surface area contributed by atoms with Gasteiger partial charge in [0.2, 0.25) is 17.7 Å². The van der Waals surface area contributed by atoms with E-state index < -0.39 is 0 Å². The van der Waals surface area contributed by atoms with Crippen LogP contribution >= 0.6 is 0 Å². The highest BCUT2D eigenvalue weighted by molar-refractivity contribution is 5.78. The Morgan fingerprint density at radius 2 is 2.13 bits per heavy atom. The molecule has 1 aliphatic rings. The molecule has 0 aliphatic carbocycles. The highest BCUT2D eigenvalue weighted by Crippen LogP contribution is 2.19. The first-order valence-electron chi connectivity index (χ1n) is 8.19. The van der Waals surface area contributed by atoms with Crippen molar-refractivity contribution in [3.8, 4) is 0 Å². The topological polar surface area (TPSA) is 88.3 Å². The number of carbonyl (C=O) groups excluding carboxylic acids is 2. The van der Waals surface area contributed by atoms with Gasteiger partial charge in [-0.05, 0) is 6.42 Å². The molecule has 1 saturated heterocycles. The molecule has 1 N–H and O–H groups in total. The van der Waals surface area contributed by atoms with Gasteiger partial charge in [-0.1, -0.05) is 32.9 Å². The van der Waals surface area contributed by atoms with Crippen LogP contribution in [0.5, 0.6) is 0 Å². The Labute approximate surface area is 136 Å². The maximum atomic E-state index is 12.2. The predicted octanol–water partition coefficient (Wildman–Crippen LogP) is 1.43. The van der Waals surface area contributed by atoms with Gasteiger partial charge in [0, 0.05) is 43.8 Å². The third-order valence-corrected chi connectivity index (χ3v) is 3.92. The van der Waals surface area contributed by atoms with Gasteiger partial charge in [0.05, 0.1) is 0 Å². The van der Waals surface area contributed by atoms with E-state index in [4.69, 9.17) is 4.52 Å². The number of hydrogen-bond acceptors (Lipinski definition) is 5. The minimum absolute atomic E-state index is 0.0323. The van der Waals surface area contributed by atoms with E-state index in [1.165, 1.54) is 0 Å². The number of aromatic nitrogens is 2. The predicted molar refractivity (Wildman–Crippen MR) is 84.7 cm³/mol. The van der Waals surface area contributed by atoms with Gasteiger partial charge in [-0.25, -0.2) is 0 Å². The van der Waals surface area contributed by atoms with Gasteiger partial charge in [-0.2, -0.15) is 4.98 Å². The highest BCUT2D eigenvalue weighted by Gasteiger charge is 2.27. The van der Waals surface area contributed by atoms with Crippen LogP contribution in [0.3, 0.4) is 0 Å². The number of likely N-dealkylation sites (tertiary alicyclic amines) is 1. The minimum Gasteiger partial charge on any atom is -0.352 e. The van der Waals surface area contributed by atoms with E-state index in [2.05, 4.69) is 15.5 Å². The van der Waals surface area contributed by atoms with Gasteiger partial charge in [0.1, 0.15) is 0 Å². The zero-order chi connectivity index (χ0) is 17.0. The van der Waals surface area contributed by atoms with Crippen LogP contribution in [0.1, 0.15) is 58.7 Å². The van der Waals surface area contributed by atoms with Crippen LogP contribution in [0.15, 0.2) is 4.52 Å². The van der Waals surface area contributed by atoms with Crippen molar-refractivity contribution in [2.75, 3.05) is 13.1 Å². The van der Waals surface area contributed by atoms with Crippen LogP contribution in [0, 0.1) is 0 Å². The molecule has 2 heterocycles. The lowest BCUT2D eigenvalue weighted by Crippen LogP contribution is -2.38. The van der Waals surface area contributed by atoms with Crippen molar-refractivity contribution in [1.82, 2.24) is 20.4 Å². The second kappa shape index (κ2) is 7.10. The van der Waals surface area contributed by atoms with E-state index in [-0.39, 0.29) is 23.3 Å². The molecular formula is C16H26N4O3. The molecule has 0 bridgehead atoms. The molecule has 7 nitrogen and oxygen atoms in total. The Morgan fingerprint density at radius 3 is 2.74 bits per heavy atom. The third-order valence-electron chi connectivity index (χ3n) is 3.92. The molecule has 1 aromatic rings. The van der Waals surface area contributed by atoms with E-state index in [1.54, 1.807) is 4.90 Å². The largest absolute Gasteiger partial charge is 0.352 e. The number of aryl methyl sites for hydroxylation is 1. The van der Waals surface area contributed by atoms with E-state index >= 15 is 0 Å². The fourth-order valence-electron chi connectivity index (χ4n) is 2.47. The third kappa shape index (κ3) is 4.77. The number of amides is 2. The van der Waals surface area contributed by atoms with Crippen molar-refractivity contribution in [3.05, 3.63) is 11.7 Å². The number of hydrogen-bond donors (Lipinski definition) is 1. The second-order valence-electron chi connectivity index (χ2n) is 7.01. The quantitative estimate of drug-likeness (QED) is 0.886. The average molecular weight is 322 g/mol. The number of rotatable bonds is 5. The van der Waals surface area contributed by atoms with Crippen molar-refractivity contribution < 1.29 is 14.1 Å². The highest BCUT2D eigenvalue weighted by atomic mass is 16.5. The van der Waals surface area contributed by atoms with Crippen LogP contribution < -0.4 is 5.32 Å². The fourth-order valence-corrected chi connectivity index (χ4v) is 2.47. The van der Waals surface area contributed by atoms with Gasteiger partial charge >= 0.3 is 0 Å². The first-order valence-corrected chi connectivity index (χ1v) is 8.19. The molecule has 0 radical (unpaired) electrons. The normalized spacial score (nSPS) is 18.3. The molecule has 1 atom stereocenters. The zero-order valence-electron chi connectivity index (χ0n) is 14.4. The summed E-state index contributed by atoms with van der Waals surface area (Å²) in [6.45, 7) is 9.14. The lowest BCUT2D eigenvalue weighted by atomic mass is 9.96. The Kier molecular flexibility index (Phi) is 5.38. The first-order chi connectivity index (χ1) is 10.8. The molecule has 0 aromatic carbocycles. The number of nitrogens with one attached hydrogen (secondary N) is 1. The molecule has 2 rings (SSSR count). The summed E-state index contributed by atoms with van der Waals surface area (Å²) >= 11 is 0. The molecule has 7 heteroatoms. The molecule has 128 valence electrons. The standard InChI is InChI=1S/C16H26N4O3/c1-5-12(21)17-11-8-9-20(10-11)14(22)7-6-13-18-15(19-23-13)16(2,3)4/h11H,5-10H2,1-4H3,(H,17,21)/t11-/m1/s1. The van der Waals surface area contributed by atoms with Crippen LogP contribution in [0.4, 0.5) is 0 Å². The van der Waals surface area contributed by atoms with Gasteiger partial charge < -0.3 is 14.7 Å². The Bertz CT molecular complexity index is 562. The monoisotopic (exact) mass is 322 g/mol. The van der Waals surface area contributed by atoms with Crippen LogP contribution in [0.2, 0.25) is 0 Å². The van der Waals surface area contributed by atoms with Crippen molar-refractivity contribution >= 4 is 11.8 Å². The smallest absolute Gasteiger partial charge is 0.227 e. The lowest BCUT2D eigenvalue weighted by Gasteiger charge is -2.16. The molecule has 0 spiro atoms. The van der Waals surface area contributed by atoms with Crippen LogP contribution in [-0.2, 0) is 21.4 Å². The maximum Gasteiger partial charge on any atom is 0.227 e. The van der Waals surface area contributed by atoms with Crippen LogP contribution in [0.25, 0.3) is 0 Å². The van der Waals surface area contributed by atoms with Crippen molar-refractivity contribution in [3.63, 3.8) is 0 Å². The molecule has 1 fully saturated rings. The molecule has 2 amide bonds. The molecule has 23 heavy (non-hydrogen) atoms. The molecule has 1 aliphatic heterocycles. The summed E-state index contributed by atoms with van der Waals surface area (Å²) in [4.78, 5) is 29.8. The number of carbonyl (C=O) groups is 2. The SMILES string of the molecule is CCC(=O)N[C@@H]1CCN(C(=O)CCc2nc(C(C)(C)C)no2)C1. The van der Waals surface area contributed by atoms with E-state index in [1.807, 2.05) is 27.7 Å². The zero-order valence-corrected chi connectivity index (χ0v) is 14.4. The van der Waals surface area contributed by atoms with E-state index in [9.17, 15) is 9.59 Å². The van der Waals surface area contributed by atoms with Crippen molar-refractivity contribution in [2.45, 2.75) is 64.8 Å². The van der Waals surface area contributed by atoms with Gasteiger partial charge in [0.25, 0.3) is 0 Å². The number of nitrogens with zero attached hydrogens (tertiary/aromatic N) is 3. The Hall–Kier alpha value is -1.92. The van der Waals surface area contributed by atoms with Crippen molar-refractivity contribution in [2.24, 2.45) is 0 Å². The summed E-state index contributed by atoms with van der Waals surface area (Å²) in [6.07, 6.45) is 2.08. The lowest BCUT2D eigenvalue weighted by molar-refractivity contribution is -0.130. The summed E-state index contributed by atoms with van der Waals surface area (Å²) < 4.78 is 5.20. The summed E-state index contributed by atoms with van der Waals surface area (Å²) in [6, 6.07) is 0.0716. The Balaban J connectivity index is 1.79. The molecule has 0 unspecified atom stereocenters. The maximum absolute atomic E-state index is 12.2. The fraction of sp³-hybridized carbons (Fsp3) is 0.750. The van der Waals surface area contributed by atoms with Gasteiger partial charge in [0.15, 0.2) is 5.82 Å². The summed E-state index contributed by atoms with van der Waals surface area (Å²) in [7, 11) is 0. The van der Waals surface area contributed by atoms with E-state index in [0.29, 0.717) is 44.1 Å². The second-order valence-corrected chi connectivity index (χ2v) is 7.01. The molecule has 0 saturated carbocycles. The summed E-state index contributed by atoms with van der Waals surface area (Å²) in [5.74, 6) is 1.25. The average Bonchev–Trinajstić information content (AvgIpc) is 3.13. The summed E-state index contributed by atoms with van der Waals surface area (Å²) in [5, 5.41) is 6.89. The first kappa shape index (κ1) is 17.4. The van der Waals surface area contributed by atoms with Crippen molar-refractivity contribution in [1.29, 1.82) is 0 Å².